The molecule has 19 heavy (non-hydrogen) atoms. The number of thiophene rings is 1. The Kier molecular flexibility index (Phi) is 4.29. The third-order valence-electron chi connectivity index (χ3n) is 3.41. The van der Waals surface area contributed by atoms with E-state index in [-0.39, 0.29) is 18.6 Å². The molecule has 0 aromatic carbocycles. The van der Waals surface area contributed by atoms with Gasteiger partial charge in [0.05, 0.1) is 13.2 Å². The van der Waals surface area contributed by atoms with E-state index < -0.39 is 12.1 Å². The average Bonchev–Trinajstić information content (AvgIpc) is 2.88. The van der Waals surface area contributed by atoms with Crippen LogP contribution in [-0.4, -0.2) is 31.8 Å². The number of nitrogens with one attached hydrogen (secondary N) is 1. The summed E-state index contributed by atoms with van der Waals surface area (Å²) in [5.74, 6) is -0.110. The second kappa shape index (κ2) is 5.77. The molecule has 4 nitrogen and oxygen atoms in total. The van der Waals surface area contributed by atoms with Crippen LogP contribution in [0.3, 0.4) is 0 Å². The lowest BCUT2D eigenvalue weighted by Gasteiger charge is -2.18. The van der Waals surface area contributed by atoms with Gasteiger partial charge in [-0.15, -0.1) is 11.3 Å². The van der Waals surface area contributed by atoms with Crippen LogP contribution in [-0.2, 0) is 4.79 Å². The molecule has 1 aromatic heterocycles. The Morgan fingerprint density at radius 3 is 2.84 bits per heavy atom. The van der Waals surface area contributed by atoms with Crippen LogP contribution in [0.1, 0.15) is 18.2 Å². The second-order valence-corrected chi connectivity index (χ2v) is 5.81. The van der Waals surface area contributed by atoms with Crippen LogP contribution in [0.5, 0.6) is 10.8 Å². The third kappa shape index (κ3) is 2.83. The first-order chi connectivity index (χ1) is 9.06. The van der Waals surface area contributed by atoms with E-state index in [4.69, 9.17) is 9.47 Å². The SMILES string of the molecule is CC[C@@H]1[C@H](F)C(=O)N[C@@H]1COc1cc(OC)sc1C. The van der Waals surface area contributed by atoms with E-state index in [1.165, 1.54) is 11.3 Å². The van der Waals surface area contributed by atoms with E-state index >= 15 is 0 Å². The first kappa shape index (κ1) is 14.1. The van der Waals surface area contributed by atoms with Crippen LogP contribution in [0, 0.1) is 12.8 Å². The fraction of sp³-hybridized carbons (Fsp3) is 0.615. The Bertz CT molecular complexity index is 463. The molecular formula is C13H18FNO3S. The number of carbonyl (C=O) groups is 1. The van der Waals surface area contributed by atoms with Gasteiger partial charge in [0.2, 0.25) is 0 Å². The topological polar surface area (TPSA) is 47.6 Å². The normalized spacial score (nSPS) is 26.3. The number of hydrogen-bond donors (Lipinski definition) is 1. The molecule has 1 aromatic rings. The number of halogens is 1. The highest BCUT2D eigenvalue weighted by Gasteiger charge is 2.41. The molecule has 0 bridgehead atoms. The largest absolute Gasteiger partial charge is 0.490 e. The lowest BCUT2D eigenvalue weighted by atomic mass is 9.97. The molecular weight excluding hydrogens is 269 g/mol. The molecule has 2 rings (SSSR count). The Hall–Kier alpha value is -1.30. The molecule has 1 aliphatic heterocycles. The minimum absolute atomic E-state index is 0.266. The van der Waals surface area contributed by atoms with E-state index in [1.54, 1.807) is 7.11 Å². The highest BCUT2D eigenvalue weighted by Crippen LogP contribution is 2.34. The summed E-state index contributed by atoms with van der Waals surface area (Å²) in [5.41, 5.74) is 0. The van der Waals surface area contributed by atoms with Gasteiger partial charge in [-0.25, -0.2) is 4.39 Å². The maximum absolute atomic E-state index is 13.6. The standard InChI is InChI=1S/C13H18FNO3S/c1-4-8-9(15-13(16)12(8)14)6-18-10-5-11(17-3)19-7(10)2/h5,8-9,12H,4,6H2,1-3H3,(H,15,16)/t8-,9+,12-/m0/s1. The third-order valence-corrected chi connectivity index (χ3v) is 4.40. The van der Waals surface area contributed by atoms with Gasteiger partial charge in [0.15, 0.2) is 11.2 Å². The molecule has 0 aliphatic carbocycles. The second-order valence-electron chi connectivity index (χ2n) is 4.59. The fourth-order valence-corrected chi connectivity index (χ4v) is 3.06. The number of ether oxygens (including phenoxy) is 2. The van der Waals surface area contributed by atoms with Gasteiger partial charge in [0.25, 0.3) is 5.91 Å². The number of carbonyl (C=O) groups excluding carboxylic acids is 1. The van der Waals surface area contributed by atoms with Crippen molar-refractivity contribution < 1.29 is 18.7 Å². The van der Waals surface area contributed by atoms with Gasteiger partial charge in [0.1, 0.15) is 12.4 Å². The van der Waals surface area contributed by atoms with Crippen LogP contribution < -0.4 is 14.8 Å². The summed E-state index contributed by atoms with van der Waals surface area (Å²) in [7, 11) is 1.60. The van der Waals surface area contributed by atoms with Gasteiger partial charge in [-0.1, -0.05) is 6.92 Å². The smallest absolute Gasteiger partial charge is 0.255 e. The molecule has 2 heterocycles. The lowest BCUT2D eigenvalue weighted by Crippen LogP contribution is -2.34. The first-order valence-corrected chi connectivity index (χ1v) is 7.10. The van der Waals surface area contributed by atoms with Crippen LogP contribution in [0.2, 0.25) is 0 Å². The van der Waals surface area contributed by atoms with Crippen LogP contribution in [0.15, 0.2) is 6.07 Å². The van der Waals surface area contributed by atoms with Crippen molar-refractivity contribution in [3.05, 3.63) is 10.9 Å². The van der Waals surface area contributed by atoms with Crippen molar-refractivity contribution >= 4 is 17.2 Å². The molecule has 1 amide bonds. The van der Waals surface area contributed by atoms with Crippen molar-refractivity contribution in [2.24, 2.45) is 5.92 Å². The molecule has 3 atom stereocenters. The summed E-state index contributed by atoms with van der Waals surface area (Å²) in [6.45, 7) is 4.10. The molecule has 1 saturated heterocycles. The molecule has 6 heteroatoms. The van der Waals surface area contributed by atoms with Gasteiger partial charge >= 0.3 is 0 Å². The van der Waals surface area contributed by atoms with Gasteiger partial charge in [0, 0.05) is 16.9 Å². The maximum Gasteiger partial charge on any atom is 0.255 e. The Labute approximate surface area is 115 Å². The van der Waals surface area contributed by atoms with Crippen molar-refractivity contribution in [2.45, 2.75) is 32.5 Å². The summed E-state index contributed by atoms with van der Waals surface area (Å²) in [6.07, 6.45) is -0.809. The van der Waals surface area contributed by atoms with Crippen molar-refractivity contribution in [3.63, 3.8) is 0 Å². The average molecular weight is 287 g/mol. The first-order valence-electron chi connectivity index (χ1n) is 6.28. The summed E-state index contributed by atoms with van der Waals surface area (Å²) >= 11 is 1.50. The predicted molar refractivity (Wildman–Crippen MR) is 71.7 cm³/mol. The van der Waals surface area contributed by atoms with Crippen molar-refractivity contribution in [2.75, 3.05) is 13.7 Å². The summed E-state index contributed by atoms with van der Waals surface area (Å²) in [4.78, 5) is 12.3. The zero-order valence-corrected chi connectivity index (χ0v) is 12.1. The molecule has 0 spiro atoms. The monoisotopic (exact) mass is 287 g/mol. The highest BCUT2D eigenvalue weighted by molar-refractivity contribution is 7.14. The lowest BCUT2D eigenvalue weighted by molar-refractivity contribution is -0.123. The quantitative estimate of drug-likeness (QED) is 0.904. The van der Waals surface area contributed by atoms with Crippen molar-refractivity contribution in [1.29, 1.82) is 0 Å². The number of rotatable bonds is 5. The van der Waals surface area contributed by atoms with Crippen LogP contribution >= 0.6 is 11.3 Å². The van der Waals surface area contributed by atoms with E-state index in [1.807, 2.05) is 19.9 Å². The number of hydrogen-bond acceptors (Lipinski definition) is 4. The minimum atomic E-state index is -1.42. The van der Waals surface area contributed by atoms with Crippen molar-refractivity contribution in [3.8, 4) is 10.8 Å². The van der Waals surface area contributed by atoms with E-state index in [9.17, 15) is 9.18 Å². The van der Waals surface area contributed by atoms with E-state index in [2.05, 4.69) is 5.32 Å². The molecule has 1 fully saturated rings. The molecule has 0 radical (unpaired) electrons. The number of aryl methyl sites for hydroxylation is 1. The summed E-state index contributed by atoms with van der Waals surface area (Å²) in [5, 5.41) is 3.42. The molecule has 106 valence electrons. The zero-order valence-electron chi connectivity index (χ0n) is 11.2. The van der Waals surface area contributed by atoms with E-state index in [0.717, 1.165) is 15.7 Å². The molecule has 0 saturated carbocycles. The Balaban J connectivity index is 1.98. The minimum Gasteiger partial charge on any atom is -0.490 e. The fourth-order valence-electron chi connectivity index (χ4n) is 2.29. The molecule has 0 unspecified atom stereocenters. The maximum atomic E-state index is 13.6. The summed E-state index contributed by atoms with van der Waals surface area (Å²) < 4.78 is 24.4. The van der Waals surface area contributed by atoms with Gasteiger partial charge in [-0.2, -0.15) is 0 Å². The van der Waals surface area contributed by atoms with Gasteiger partial charge in [-0.3, -0.25) is 4.79 Å². The number of alkyl halides is 1. The Morgan fingerprint density at radius 1 is 1.53 bits per heavy atom. The number of methoxy groups -OCH3 is 1. The van der Waals surface area contributed by atoms with Gasteiger partial charge < -0.3 is 14.8 Å². The number of amides is 1. The zero-order chi connectivity index (χ0) is 14.0. The highest BCUT2D eigenvalue weighted by atomic mass is 32.1. The predicted octanol–water partition coefficient (Wildman–Crippen LogP) is 2.31. The molecule has 1 aliphatic rings. The van der Waals surface area contributed by atoms with Crippen molar-refractivity contribution in [1.82, 2.24) is 5.32 Å². The van der Waals surface area contributed by atoms with Crippen LogP contribution in [0.4, 0.5) is 4.39 Å². The van der Waals surface area contributed by atoms with E-state index in [0.29, 0.717) is 6.42 Å². The molecule has 1 N–H and O–H groups in total. The van der Waals surface area contributed by atoms with Crippen LogP contribution in [0.25, 0.3) is 0 Å². The summed E-state index contributed by atoms with van der Waals surface area (Å²) in [6, 6.07) is 1.54. The van der Waals surface area contributed by atoms with Gasteiger partial charge in [-0.05, 0) is 13.3 Å². The Morgan fingerprint density at radius 2 is 2.26 bits per heavy atom.